The molecule has 0 atom stereocenters. The zero-order valence-corrected chi connectivity index (χ0v) is 18.5. The number of carbonyl (C=O) groups is 3. The van der Waals surface area contributed by atoms with Crippen LogP contribution in [0.5, 0.6) is 0 Å². The lowest BCUT2D eigenvalue weighted by Crippen LogP contribution is -2.23. The number of rotatable bonds is 18. The summed E-state index contributed by atoms with van der Waals surface area (Å²) in [4.78, 5) is 32.0. The lowest BCUT2D eigenvalue weighted by atomic mass is 9.70. The molecule has 0 heterocycles. The van der Waals surface area contributed by atoms with Crippen molar-refractivity contribution in [3.63, 3.8) is 0 Å². The van der Waals surface area contributed by atoms with Crippen LogP contribution < -0.4 is 0 Å². The van der Waals surface area contributed by atoms with Crippen molar-refractivity contribution in [1.29, 1.82) is 0 Å². The maximum Gasteiger partial charge on any atom is 0.303 e. The second-order valence-electron chi connectivity index (χ2n) is 9.28. The van der Waals surface area contributed by atoms with Gasteiger partial charge in [0.15, 0.2) is 0 Å². The van der Waals surface area contributed by atoms with E-state index < -0.39 is 17.9 Å². The lowest BCUT2D eigenvalue weighted by Gasteiger charge is -2.35. The summed E-state index contributed by atoms with van der Waals surface area (Å²) in [6.45, 7) is 0. The van der Waals surface area contributed by atoms with Crippen LogP contribution >= 0.6 is 0 Å². The molecule has 6 nitrogen and oxygen atoms in total. The van der Waals surface area contributed by atoms with E-state index in [0.717, 1.165) is 75.5 Å². The maximum atomic E-state index is 10.7. The van der Waals surface area contributed by atoms with Crippen LogP contribution in [0.4, 0.5) is 0 Å². The largest absolute Gasteiger partial charge is 0.481 e. The molecule has 0 radical (unpaired) electrons. The van der Waals surface area contributed by atoms with Gasteiger partial charge < -0.3 is 15.3 Å². The van der Waals surface area contributed by atoms with Gasteiger partial charge >= 0.3 is 17.9 Å². The van der Waals surface area contributed by atoms with E-state index in [1.165, 1.54) is 38.5 Å². The molecule has 1 rings (SSSR count). The molecule has 0 aromatic carbocycles. The normalized spacial score (nSPS) is 21.4. The van der Waals surface area contributed by atoms with E-state index >= 15 is 0 Å². The van der Waals surface area contributed by atoms with Crippen molar-refractivity contribution in [1.82, 2.24) is 0 Å². The second kappa shape index (κ2) is 16.1. The van der Waals surface area contributed by atoms with Crippen molar-refractivity contribution < 1.29 is 29.7 Å². The van der Waals surface area contributed by atoms with Crippen LogP contribution in [0.1, 0.15) is 116 Å². The molecule has 0 amide bonds. The molecule has 0 unspecified atom stereocenters. The fourth-order valence-electron chi connectivity index (χ4n) is 5.07. The van der Waals surface area contributed by atoms with Crippen molar-refractivity contribution in [2.45, 2.75) is 116 Å². The van der Waals surface area contributed by atoms with E-state index in [-0.39, 0.29) is 19.3 Å². The summed E-state index contributed by atoms with van der Waals surface area (Å²) < 4.78 is 0. The van der Waals surface area contributed by atoms with Crippen molar-refractivity contribution in [2.24, 2.45) is 17.8 Å². The lowest BCUT2D eigenvalue weighted by molar-refractivity contribution is -0.138. The fraction of sp³-hybridized carbons (Fsp3) is 0.875. The highest BCUT2D eigenvalue weighted by molar-refractivity contribution is 5.67. The minimum Gasteiger partial charge on any atom is -0.481 e. The highest BCUT2D eigenvalue weighted by Gasteiger charge is 2.28. The summed E-state index contributed by atoms with van der Waals surface area (Å²) in [5.74, 6) is 0.0284. The third-order valence-electron chi connectivity index (χ3n) is 6.51. The van der Waals surface area contributed by atoms with Gasteiger partial charge in [0.05, 0.1) is 0 Å². The molecule has 0 bridgehead atoms. The molecule has 0 aromatic heterocycles. The Morgan fingerprint density at radius 2 is 0.733 bits per heavy atom. The van der Waals surface area contributed by atoms with Gasteiger partial charge in [0.1, 0.15) is 0 Å². The first-order valence-electron chi connectivity index (χ1n) is 12.0. The molecule has 6 heteroatoms. The monoisotopic (exact) mass is 426 g/mol. The van der Waals surface area contributed by atoms with Crippen molar-refractivity contribution in [3.8, 4) is 0 Å². The highest BCUT2D eigenvalue weighted by atomic mass is 16.4. The first kappa shape index (κ1) is 26.4. The Hall–Kier alpha value is -1.59. The third kappa shape index (κ3) is 14.4. The molecule has 174 valence electrons. The van der Waals surface area contributed by atoms with E-state index in [1.54, 1.807) is 0 Å². The minimum atomic E-state index is -0.710. The van der Waals surface area contributed by atoms with Crippen LogP contribution in [0.25, 0.3) is 0 Å². The molecule has 30 heavy (non-hydrogen) atoms. The SMILES string of the molecule is O=C(O)CCCCCC1CC(CCCCCC(=O)O)CC(CCCCCC(=O)O)C1. The van der Waals surface area contributed by atoms with Gasteiger partial charge in [0.25, 0.3) is 0 Å². The first-order chi connectivity index (χ1) is 14.4. The number of carboxylic acid groups (broad SMARTS) is 3. The summed E-state index contributed by atoms with van der Waals surface area (Å²) in [5.41, 5.74) is 0. The summed E-state index contributed by atoms with van der Waals surface area (Å²) >= 11 is 0. The molecule has 1 saturated carbocycles. The van der Waals surface area contributed by atoms with Gasteiger partial charge in [-0.25, -0.2) is 0 Å². The van der Waals surface area contributed by atoms with Gasteiger partial charge in [-0.1, -0.05) is 57.8 Å². The molecule has 0 aliphatic heterocycles. The molecular weight excluding hydrogens is 384 g/mol. The predicted molar refractivity (Wildman–Crippen MR) is 116 cm³/mol. The van der Waals surface area contributed by atoms with E-state index in [4.69, 9.17) is 15.3 Å². The Balaban J connectivity index is 2.36. The maximum absolute atomic E-state index is 10.7. The van der Waals surface area contributed by atoms with E-state index in [0.29, 0.717) is 0 Å². The number of hydrogen-bond acceptors (Lipinski definition) is 3. The standard InChI is InChI=1S/C24H42O6/c25-22(26)13-7-1-4-10-19-16-20(11-5-2-8-14-23(27)28)18-21(17-19)12-6-3-9-15-24(29)30/h19-21H,1-18H2,(H,25,26)(H,27,28)(H,29,30). The van der Waals surface area contributed by atoms with Crippen LogP contribution in [0, 0.1) is 17.8 Å². The molecule has 0 saturated heterocycles. The molecule has 1 aliphatic carbocycles. The van der Waals surface area contributed by atoms with E-state index in [1.807, 2.05) is 0 Å². The Labute approximate surface area is 181 Å². The number of carboxylic acids is 3. The second-order valence-corrected chi connectivity index (χ2v) is 9.28. The van der Waals surface area contributed by atoms with Crippen molar-refractivity contribution in [3.05, 3.63) is 0 Å². The topological polar surface area (TPSA) is 112 Å². The van der Waals surface area contributed by atoms with Gasteiger partial charge in [-0.15, -0.1) is 0 Å². The van der Waals surface area contributed by atoms with Crippen molar-refractivity contribution >= 4 is 17.9 Å². The Bertz CT molecular complexity index is 427. The van der Waals surface area contributed by atoms with Crippen molar-refractivity contribution in [2.75, 3.05) is 0 Å². The van der Waals surface area contributed by atoms with E-state index in [2.05, 4.69) is 0 Å². The minimum absolute atomic E-state index is 0.266. The van der Waals surface area contributed by atoms with Crippen LogP contribution in [0.15, 0.2) is 0 Å². The van der Waals surface area contributed by atoms with Crippen LogP contribution in [-0.2, 0) is 14.4 Å². The summed E-state index contributed by atoms with van der Waals surface area (Å²) in [7, 11) is 0. The van der Waals surface area contributed by atoms with Crippen LogP contribution in [0.3, 0.4) is 0 Å². The van der Waals surface area contributed by atoms with Gasteiger partial charge in [-0.2, -0.15) is 0 Å². The molecule has 0 spiro atoms. The number of hydrogen-bond donors (Lipinski definition) is 3. The van der Waals surface area contributed by atoms with E-state index in [9.17, 15) is 14.4 Å². The average Bonchev–Trinajstić information content (AvgIpc) is 2.66. The Morgan fingerprint density at radius 1 is 0.467 bits per heavy atom. The third-order valence-corrected chi connectivity index (χ3v) is 6.51. The zero-order chi connectivity index (χ0) is 22.2. The number of unbranched alkanes of at least 4 members (excludes halogenated alkanes) is 6. The number of aliphatic carboxylic acids is 3. The van der Waals surface area contributed by atoms with Crippen LogP contribution in [0.2, 0.25) is 0 Å². The quantitative estimate of drug-likeness (QED) is 0.227. The molecular formula is C24H42O6. The molecule has 0 aromatic rings. The zero-order valence-electron chi connectivity index (χ0n) is 18.5. The fourth-order valence-corrected chi connectivity index (χ4v) is 5.07. The first-order valence-corrected chi connectivity index (χ1v) is 12.0. The van der Waals surface area contributed by atoms with Crippen LogP contribution in [-0.4, -0.2) is 33.2 Å². The van der Waals surface area contributed by atoms with Gasteiger partial charge in [0.2, 0.25) is 0 Å². The summed E-state index contributed by atoms with van der Waals surface area (Å²) in [6.07, 6.45) is 16.7. The molecule has 1 aliphatic rings. The summed E-state index contributed by atoms with van der Waals surface area (Å²) in [5, 5.41) is 26.3. The van der Waals surface area contributed by atoms with Gasteiger partial charge in [0, 0.05) is 19.3 Å². The van der Waals surface area contributed by atoms with Gasteiger partial charge in [-0.3, -0.25) is 14.4 Å². The summed E-state index contributed by atoms with van der Waals surface area (Å²) in [6, 6.07) is 0. The Morgan fingerprint density at radius 3 is 0.967 bits per heavy atom. The highest BCUT2D eigenvalue weighted by Crippen LogP contribution is 2.40. The average molecular weight is 427 g/mol. The molecule has 3 N–H and O–H groups in total. The smallest absolute Gasteiger partial charge is 0.303 e. The Kier molecular flexibility index (Phi) is 14.2. The van der Waals surface area contributed by atoms with Gasteiger partial charge in [-0.05, 0) is 56.3 Å². The predicted octanol–water partition coefficient (Wildman–Crippen LogP) is 6.12. The molecule has 1 fully saturated rings.